The van der Waals surface area contributed by atoms with E-state index in [4.69, 9.17) is 21.1 Å². The first kappa shape index (κ1) is 14.7. The number of hydrogen-bond donors (Lipinski definition) is 0. The van der Waals surface area contributed by atoms with Gasteiger partial charge in [-0.2, -0.15) is 0 Å². The number of thiophene rings is 1. The summed E-state index contributed by atoms with van der Waals surface area (Å²) in [5.74, 6) is 1.43. The summed E-state index contributed by atoms with van der Waals surface area (Å²) in [6.07, 6.45) is 0. The first-order chi connectivity index (χ1) is 10.3. The number of fused-ring (bicyclic) bond motifs is 1. The van der Waals surface area contributed by atoms with Gasteiger partial charge in [0.25, 0.3) is 0 Å². The van der Waals surface area contributed by atoms with E-state index in [-0.39, 0.29) is 0 Å². The Labute approximate surface area is 134 Å². The maximum Gasteiger partial charge on any atom is 0.179 e. The number of benzene rings is 1. The summed E-state index contributed by atoms with van der Waals surface area (Å²) in [5.41, 5.74) is 1.16. The fraction of sp³-hybridized carbons (Fsp3) is 0.375. The topological polar surface area (TPSA) is 21.7 Å². The molecule has 1 aromatic carbocycles. The molecule has 0 unspecified atom stereocenters. The molecule has 3 rings (SSSR count). The molecule has 5 heteroatoms. The first-order valence-electron chi connectivity index (χ1n) is 7.09. The van der Waals surface area contributed by atoms with Crippen molar-refractivity contribution in [1.29, 1.82) is 0 Å². The van der Waals surface area contributed by atoms with Crippen molar-refractivity contribution >= 4 is 22.9 Å². The molecule has 1 aliphatic heterocycles. The van der Waals surface area contributed by atoms with Gasteiger partial charge in [0.15, 0.2) is 11.5 Å². The summed E-state index contributed by atoms with van der Waals surface area (Å²) in [5, 5.41) is 2.75. The fourth-order valence-electron chi connectivity index (χ4n) is 2.42. The van der Waals surface area contributed by atoms with Gasteiger partial charge < -0.3 is 9.47 Å². The molecule has 0 amide bonds. The fourth-order valence-corrected chi connectivity index (χ4v) is 3.45. The maximum atomic E-state index is 6.30. The van der Waals surface area contributed by atoms with E-state index < -0.39 is 0 Å². The van der Waals surface area contributed by atoms with Crippen molar-refractivity contribution in [3.63, 3.8) is 0 Å². The van der Waals surface area contributed by atoms with E-state index in [1.54, 1.807) is 11.3 Å². The standard InChI is InChI=1S/C16H18ClNO2S/c1-2-18(11-13-4-3-7-21-13)10-12-8-14(17)16-15(9-12)19-5-6-20-16/h3-4,7-9H,2,5-6,10-11H2,1H3. The third-order valence-electron chi connectivity index (χ3n) is 3.47. The van der Waals surface area contributed by atoms with Gasteiger partial charge in [-0.1, -0.05) is 24.6 Å². The maximum absolute atomic E-state index is 6.30. The lowest BCUT2D eigenvalue weighted by Gasteiger charge is -2.23. The van der Waals surface area contributed by atoms with Crippen LogP contribution in [-0.2, 0) is 13.1 Å². The van der Waals surface area contributed by atoms with Crippen LogP contribution in [0.25, 0.3) is 0 Å². The molecule has 2 aromatic rings. The summed E-state index contributed by atoms with van der Waals surface area (Å²) >= 11 is 8.09. The van der Waals surface area contributed by atoms with E-state index in [9.17, 15) is 0 Å². The van der Waals surface area contributed by atoms with Crippen LogP contribution < -0.4 is 9.47 Å². The van der Waals surface area contributed by atoms with E-state index in [1.807, 2.05) is 12.1 Å². The van der Waals surface area contributed by atoms with Gasteiger partial charge in [0.2, 0.25) is 0 Å². The molecule has 1 aliphatic rings. The molecule has 0 atom stereocenters. The molecule has 3 nitrogen and oxygen atoms in total. The molecule has 0 saturated heterocycles. The zero-order valence-electron chi connectivity index (χ0n) is 12.0. The predicted molar refractivity (Wildman–Crippen MR) is 86.5 cm³/mol. The number of halogens is 1. The van der Waals surface area contributed by atoms with Gasteiger partial charge in [-0.25, -0.2) is 0 Å². The Kier molecular flexibility index (Phi) is 4.68. The summed E-state index contributed by atoms with van der Waals surface area (Å²) in [6, 6.07) is 8.28. The largest absolute Gasteiger partial charge is 0.486 e. The highest BCUT2D eigenvalue weighted by molar-refractivity contribution is 7.09. The summed E-state index contributed by atoms with van der Waals surface area (Å²) in [4.78, 5) is 3.76. The molecule has 0 N–H and O–H groups in total. The minimum Gasteiger partial charge on any atom is -0.486 e. The Morgan fingerprint density at radius 1 is 1.24 bits per heavy atom. The molecule has 0 aliphatic carbocycles. The van der Waals surface area contributed by atoms with Crippen LogP contribution in [0.15, 0.2) is 29.6 Å². The van der Waals surface area contributed by atoms with Gasteiger partial charge in [-0.05, 0) is 35.7 Å². The molecule has 112 valence electrons. The van der Waals surface area contributed by atoms with Crippen molar-refractivity contribution in [2.24, 2.45) is 0 Å². The number of hydrogen-bond acceptors (Lipinski definition) is 4. The molecule has 0 radical (unpaired) electrons. The van der Waals surface area contributed by atoms with Crippen LogP contribution >= 0.6 is 22.9 Å². The van der Waals surface area contributed by atoms with Crippen LogP contribution in [0.2, 0.25) is 5.02 Å². The van der Waals surface area contributed by atoms with Crippen molar-refractivity contribution in [3.8, 4) is 11.5 Å². The highest BCUT2D eigenvalue weighted by Gasteiger charge is 2.17. The highest BCUT2D eigenvalue weighted by atomic mass is 35.5. The quantitative estimate of drug-likeness (QED) is 0.823. The van der Waals surface area contributed by atoms with Crippen LogP contribution in [0.5, 0.6) is 11.5 Å². The molecule has 21 heavy (non-hydrogen) atoms. The second kappa shape index (κ2) is 6.69. The zero-order chi connectivity index (χ0) is 14.7. The van der Waals surface area contributed by atoms with E-state index >= 15 is 0 Å². The Morgan fingerprint density at radius 2 is 2.10 bits per heavy atom. The molecule has 2 heterocycles. The second-order valence-corrected chi connectivity index (χ2v) is 6.42. The van der Waals surface area contributed by atoms with E-state index in [0.717, 1.165) is 30.9 Å². The Morgan fingerprint density at radius 3 is 2.86 bits per heavy atom. The van der Waals surface area contributed by atoms with Gasteiger partial charge in [-0.15, -0.1) is 11.3 Å². The SMILES string of the molecule is CCN(Cc1cc(Cl)c2c(c1)OCCO2)Cc1cccs1. The lowest BCUT2D eigenvalue weighted by Crippen LogP contribution is -2.22. The van der Waals surface area contributed by atoms with Crippen molar-refractivity contribution < 1.29 is 9.47 Å². The molecular weight excluding hydrogens is 306 g/mol. The summed E-state index contributed by atoms with van der Waals surface area (Å²) in [6.45, 7) is 6.12. The second-order valence-electron chi connectivity index (χ2n) is 4.98. The number of ether oxygens (including phenoxy) is 2. The molecule has 1 aromatic heterocycles. The van der Waals surface area contributed by atoms with Crippen LogP contribution in [-0.4, -0.2) is 24.7 Å². The van der Waals surface area contributed by atoms with Crippen molar-refractivity contribution in [3.05, 3.63) is 45.1 Å². The smallest absolute Gasteiger partial charge is 0.179 e. The lowest BCUT2D eigenvalue weighted by molar-refractivity contribution is 0.171. The third-order valence-corrected chi connectivity index (χ3v) is 4.61. The van der Waals surface area contributed by atoms with Gasteiger partial charge in [0.1, 0.15) is 13.2 Å². The monoisotopic (exact) mass is 323 g/mol. The normalized spacial score (nSPS) is 13.7. The lowest BCUT2D eigenvalue weighted by atomic mass is 10.1. The summed E-state index contributed by atoms with van der Waals surface area (Å²) in [7, 11) is 0. The van der Waals surface area contributed by atoms with E-state index in [2.05, 4.69) is 29.3 Å². The van der Waals surface area contributed by atoms with Crippen LogP contribution in [0.1, 0.15) is 17.4 Å². The van der Waals surface area contributed by atoms with Crippen LogP contribution in [0.3, 0.4) is 0 Å². The molecule has 0 fully saturated rings. The minimum atomic E-state index is 0.561. The van der Waals surface area contributed by atoms with Crippen molar-refractivity contribution in [2.75, 3.05) is 19.8 Å². The Bertz CT molecular complexity index is 601. The number of nitrogens with zero attached hydrogens (tertiary/aromatic N) is 1. The number of rotatable bonds is 5. The average molecular weight is 324 g/mol. The van der Waals surface area contributed by atoms with E-state index in [1.165, 1.54) is 4.88 Å². The third kappa shape index (κ3) is 3.51. The Hall–Kier alpha value is -1.23. The molecule has 0 spiro atoms. The van der Waals surface area contributed by atoms with Crippen LogP contribution in [0.4, 0.5) is 0 Å². The van der Waals surface area contributed by atoms with Gasteiger partial charge in [0, 0.05) is 18.0 Å². The highest BCUT2D eigenvalue weighted by Crippen LogP contribution is 2.38. The van der Waals surface area contributed by atoms with Gasteiger partial charge in [-0.3, -0.25) is 4.90 Å². The van der Waals surface area contributed by atoms with Crippen molar-refractivity contribution in [1.82, 2.24) is 4.90 Å². The first-order valence-corrected chi connectivity index (χ1v) is 8.34. The molecule has 0 saturated carbocycles. The predicted octanol–water partition coefficient (Wildman–Crippen LogP) is 4.19. The van der Waals surface area contributed by atoms with Gasteiger partial charge in [0.05, 0.1) is 5.02 Å². The van der Waals surface area contributed by atoms with Crippen molar-refractivity contribution in [2.45, 2.75) is 20.0 Å². The molecular formula is C16H18ClNO2S. The van der Waals surface area contributed by atoms with Gasteiger partial charge >= 0.3 is 0 Å². The van der Waals surface area contributed by atoms with Crippen LogP contribution in [0, 0.1) is 0 Å². The molecule has 0 bridgehead atoms. The minimum absolute atomic E-state index is 0.561. The van der Waals surface area contributed by atoms with E-state index in [0.29, 0.717) is 24.0 Å². The Balaban J connectivity index is 1.75. The zero-order valence-corrected chi connectivity index (χ0v) is 13.5. The average Bonchev–Trinajstić information content (AvgIpc) is 2.99. The summed E-state index contributed by atoms with van der Waals surface area (Å²) < 4.78 is 11.2.